The number of hydrogen-bond acceptors (Lipinski definition) is 2. The lowest BCUT2D eigenvalue weighted by Gasteiger charge is -2.31. The van der Waals surface area contributed by atoms with Gasteiger partial charge in [0.1, 0.15) is 6.17 Å². The van der Waals surface area contributed by atoms with Gasteiger partial charge < -0.3 is 4.90 Å². The molecule has 0 N–H and O–H groups in total. The Hall–Kier alpha value is -2.18. The lowest BCUT2D eigenvalue weighted by Crippen LogP contribution is -2.37. The first-order valence-corrected chi connectivity index (χ1v) is 11.9. The summed E-state index contributed by atoms with van der Waals surface area (Å²) in [5.41, 5.74) is 4.00. The summed E-state index contributed by atoms with van der Waals surface area (Å²) in [5.74, 6) is 0.149. The molecule has 0 radical (unpaired) electrons. The van der Waals surface area contributed by atoms with Crippen molar-refractivity contribution in [2.24, 2.45) is 0 Å². The van der Waals surface area contributed by atoms with Crippen LogP contribution in [-0.4, -0.2) is 30.2 Å². The molecule has 0 heterocycles. The number of aryl methyl sites for hydroxylation is 1. The Balaban J connectivity index is 0.00000107. The van der Waals surface area contributed by atoms with Crippen LogP contribution >= 0.6 is 0 Å². The van der Waals surface area contributed by atoms with Gasteiger partial charge in [-0.2, -0.15) is 5.26 Å². The molecule has 0 bridgehead atoms. The minimum Gasteiger partial charge on any atom is -0.300 e. The lowest BCUT2D eigenvalue weighted by atomic mass is 9.78. The fraction of sp³-hybridized carbons (Fsp3) is 0.536. The zero-order chi connectivity index (χ0) is 22.5. The number of rotatable bonds is 11. The molecular weight excluding hydrogens is 383 g/mol. The Kier molecular flexibility index (Phi) is 11.3. The summed E-state index contributed by atoms with van der Waals surface area (Å²) in [4.78, 5) is 2.68. The molecule has 3 heteroatoms. The summed E-state index contributed by atoms with van der Waals surface area (Å²) in [6.45, 7) is 8.33. The maximum absolute atomic E-state index is 13.6. The molecule has 1 aliphatic rings. The topological polar surface area (TPSA) is 27.0 Å². The SMILES string of the molecule is CC#N.CCCN(CCc1ccccc1)C(CC)CCc1ccc(C2CCC2F)cc1. The number of nitrogens with zero attached hydrogens (tertiary/aromatic N) is 2. The highest BCUT2D eigenvalue weighted by Crippen LogP contribution is 2.39. The highest BCUT2D eigenvalue weighted by atomic mass is 19.1. The monoisotopic (exact) mass is 422 g/mol. The fourth-order valence-electron chi connectivity index (χ4n) is 4.43. The van der Waals surface area contributed by atoms with Crippen LogP contribution < -0.4 is 0 Å². The van der Waals surface area contributed by atoms with E-state index in [0.29, 0.717) is 6.04 Å². The van der Waals surface area contributed by atoms with E-state index in [9.17, 15) is 4.39 Å². The van der Waals surface area contributed by atoms with Gasteiger partial charge in [0.2, 0.25) is 0 Å². The molecule has 0 amide bonds. The van der Waals surface area contributed by atoms with E-state index in [0.717, 1.165) is 32.2 Å². The summed E-state index contributed by atoms with van der Waals surface area (Å²) >= 11 is 0. The third kappa shape index (κ3) is 8.11. The van der Waals surface area contributed by atoms with Crippen molar-refractivity contribution in [2.75, 3.05) is 13.1 Å². The molecular formula is C28H39FN2. The first kappa shape index (κ1) is 25.1. The zero-order valence-electron chi connectivity index (χ0n) is 19.6. The molecule has 2 aromatic rings. The molecule has 3 unspecified atom stereocenters. The van der Waals surface area contributed by atoms with Crippen LogP contribution in [0.1, 0.15) is 75.5 Å². The lowest BCUT2D eigenvalue weighted by molar-refractivity contribution is 0.170. The third-order valence-electron chi connectivity index (χ3n) is 6.39. The molecule has 0 aromatic heterocycles. The quantitative estimate of drug-likeness (QED) is 0.386. The third-order valence-corrected chi connectivity index (χ3v) is 6.39. The van der Waals surface area contributed by atoms with E-state index >= 15 is 0 Å². The first-order valence-electron chi connectivity index (χ1n) is 11.9. The predicted octanol–water partition coefficient (Wildman–Crippen LogP) is 7.10. The molecule has 3 atom stereocenters. The summed E-state index contributed by atoms with van der Waals surface area (Å²) in [6.07, 6.45) is 6.94. The van der Waals surface area contributed by atoms with Gasteiger partial charge in [-0.3, -0.25) is 0 Å². The number of alkyl halides is 1. The molecule has 1 aliphatic carbocycles. The Morgan fingerprint density at radius 1 is 0.968 bits per heavy atom. The zero-order valence-corrected chi connectivity index (χ0v) is 19.6. The van der Waals surface area contributed by atoms with E-state index in [1.54, 1.807) is 6.07 Å². The first-order chi connectivity index (χ1) is 15.1. The second-order valence-corrected chi connectivity index (χ2v) is 8.54. The second kappa shape index (κ2) is 14.0. The van der Waals surface area contributed by atoms with Gasteiger partial charge in [-0.1, -0.05) is 68.4 Å². The predicted molar refractivity (Wildman–Crippen MR) is 129 cm³/mol. The van der Waals surface area contributed by atoms with E-state index in [1.165, 1.54) is 49.4 Å². The van der Waals surface area contributed by atoms with Crippen LogP contribution in [-0.2, 0) is 12.8 Å². The molecule has 31 heavy (non-hydrogen) atoms. The molecule has 0 aliphatic heterocycles. The van der Waals surface area contributed by atoms with Crippen LogP contribution in [0.15, 0.2) is 54.6 Å². The van der Waals surface area contributed by atoms with Crippen molar-refractivity contribution >= 4 is 0 Å². The van der Waals surface area contributed by atoms with Crippen LogP contribution in [0.3, 0.4) is 0 Å². The van der Waals surface area contributed by atoms with Gasteiger partial charge in [-0.05, 0) is 68.2 Å². The van der Waals surface area contributed by atoms with Crippen molar-refractivity contribution in [3.8, 4) is 6.07 Å². The van der Waals surface area contributed by atoms with Crippen molar-refractivity contribution in [3.63, 3.8) is 0 Å². The Morgan fingerprint density at radius 3 is 2.13 bits per heavy atom. The van der Waals surface area contributed by atoms with Crippen molar-refractivity contribution in [1.29, 1.82) is 5.26 Å². The van der Waals surface area contributed by atoms with Crippen LogP contribution in [0.2, 0.25) is 0 Å². The number of hydrogen-bond donors (Lipinski definition) is 0. The van der Waals surface area contributed by atoms with E-state index in [-0.39, 0.29) is 5.92 Å². The van der Waals surface area contributed by atoms with Crippen LogP contribution in [0.25, 0.3) is 0 Å². The van der Waals surface area contributed by atoms with Crippen molar-refractivity contribution in [3.05, 3.63) is 71.3 Å². The average Bonchev–Trinajstić information content (AvgIpc) is 2.79. The normalized spacial score (nSPS) is 18.5. The largest absolute Gasteiger partial charge is 0.300 e. The number of halogens is 1. The van der Waals surface area contributed by atoms with Crippen LogP contribution in [0, 0.1) is 11.3 Å². The van der Waals surface area contributed by atoms with E-state index in [2.05, 4.69) is 73.3 Å². The maximum Gasteiger partial charge on any atom is 0.107 e. The summed E-state index contributed by atoms with van der Waals surface area (Å²) in [7, 11) is 0. The minimum absolute atomic E-state index is 0.149. The Bertz CT molecular complexity index is 766. The van der Waals surface area contributed by atoms with Crippen molar-refractivity contribution in [1.82, 2.24) is 4.90 Å². The molecule has 2 aromatic carbocycles. The Morgan fingerprint density at radius 2 is 1.61 bits per heavy atom. The molecule has 1 fully saturated rings. The molecule has 168 valence electrons. The number of nitriles is 1. The van der Waals surface area contributed by atoms with Gasteiger partial charge in [-0.25, -0.2) is 4.39 Å². The number of benzene rings is 2. The van der Waals surface area contributed by atoms with Gasteiger partial charge in [0.05, 0.1) is 6.07 Å². The molecule has 2 nitrogen and oxygen atoms in total. The minimum atomic E-state index is -0.623. The van der Waals surface area contributed by atoms with E-state index in [4.69, 9.17) is 5.26 Å². The molecule has 1 saturated carbocycles. The average molecular weight is 423 g/mol. The maximum atomic E-state index is 13.6. The smallest absolute Gasteiger partial charge is 0.107 e. The van der Waals surface area contributed by atoms with Crippen LogP contribution in [0.5, 0.6) is 0 Å². The van der Waals surface area contributed by atoms with E-state index < -0.39 is 6.17 Å². The molecule has 0 spiro atoms. The van der Waals surface area contributed by atoms with Gasteiger partial charge in [-0.15, -0.1) is 0 Å². The van der Waals surface area contributed by atoms with E-state index in [1.807, 2.05) is 0 Å². The van der Waals surface area contributed by atoms with Gasteiger partial charge in [0.25, 0.3) is 0 Å². The molecule has 3 rings (SSSR count). The Labute approximate surface area is 189 Å². The fourth-order valence-corrected chi connectivity index (χ4v) is 4.43. The second-order valence-electron chi connectivity index (χ2n) is 8.54. The summed E-state index contributed by atoms with van der Waals surface area (Å²) in [6, 6.07) is 22.0. The van der Waals surface area contributed by atoms with Crippen LogP contribution in [0.4, 0.5) is 4.39 Å². The van der Waals surface area contributed by atoms with Crippen molar-refractivity contribution in [2.45, 2.75) is 83.8 Å². The van der Waals surface area contributed by atoms with Gasteiger partial charge in [0.15, 0.2) is 0 Å². The highest BCUT2D eigenvalue weighted by Gasteiger charge is 2.31. The standard InChI is InChI=1S/C26H36FN.C2H3N/c1-3-19-28(20-18-21-8-6-5-7-9-21)24(4-2)15-12-22-10-13-23(14-11-22)25-16-17-26(25)27;1-2-3/h5-11,13-14,24-26H,3-4,12,15-20H2,1-2H3;1H3. The summed E-state index contributed by atoms with van der Waals surface area (Å²) < 4.78 is 13.6. The van der Waals surface area contributed by atoms with Gasteiger partial charge in [0, 0.05) is 25.4 Å². The highest BCUT2D eigenvalue weighted by molar-refractivity contribution is 5.28. The molecule has 0 saturated heterocycles. The summed E-state index contributed by atoms with van der Waals surface area (Å²) in [5, 5.41) is 7.32. The van der Waals surface area contributed by atoms with Crippen molar-refractivity contribution < 1.29 is 4.39 Å². The van der Waals surface area contributed by atoms with Gasteiger partial charge >= 0.3 is 0 Å².